The lowest BCUT2D eigenvalue weighted by Crippen LogP contribution is -2.13. The first kappa shape index (κ1) is 14.3. The molecule has 4 heteroatoms. The van der Waals surface area contributed by atoms with Crippen LogP contribution in [0.15, 0.2) is 35.9 Å². The topological polar surface area (TPSA) is 66.4 Å². The van der Waals surface area contributed by atoms with Gasteiger partial charge in [0.15, 0.2) is 0 Å². The second-order valence-electron chi connectivity index (χ2n) is 5.10. The molecule has 0 bridgehead atoms. The van der Waals surface area contributed by atoms with Crippen LogP contribution in [-0.2, 0) is 16.0 Å². The van der Waals surface area contributed by atoms with Gasteiger partial charge in [0.05, 0.1) is 6.42 Å². The van der Waals surface area contributed by atoms with Crippen molar-refractivity contribution in [2.75, 3.05) is 5.32 Å². The van der Waals surface area contributed by atoms with Crippen molar-refractivity contribution < 1.29 is 14.7 Å². The van der Waals surface area contributed by atoms with Crippen LogP contribution in [0.1, 0.15) is 37.7 Å². The smallest absolute Gasteiger partial charge is 0.307 e. The average molecular weight is 273 g/mol. The molecule has 0 aliphatic heterocycles. The van der Waals surface area contributed by atoms with Gasteiger partial charge in [-0.3, -0.25) is 9.59 Å². The second kappa shape index (κ2) is 6.89. The number of carboxylic acids is 1. The van der Waals surface area contributed by atoms with Gasteiger partial charge in [0.25, 0.3) is 0 Å². The third-order valence-electron chi connectivity index (χ3n) is 3.37. The molecule has 0 saturated carbocycles. The lowest BCUT2D eigenvalue weighted by Gasteiger charge is -2.12. The van der Waals surface area contributed by atoms with E-state index < -0.39 is 5.97 Å². The van der Waals surface area contributed by atoms with Gasteiger partial charge in [-0.15, -0.1) is 0 Å². The molecule has 0 unspecified atom stereocenters. The number of rotatable bonds is 5. The normalized spacial score (nSPS) is 14.5. The molecule has 106 valence electrons. The first-order valence-corrected chi connectivity index (χ1v) is 6.92. The Kier molecular flexibility index (Phi) is 4.93. The molecular weight excluding hydrogens is 254 g/mol. The van der Waals surface area contributed by atoms with E-state index in [0.29, 0.717) is 12.1 Å². The molecule has 1 aliphatic rings. The van der Waals surface area contributed by atoms with Gasteiger partial charge in [-0.05, 0) is 43.4 Å². The molecule has 0 saturated heterocycles. The fourth-order valence-corrected chi connectivity index (χ4v) is 2.36. The van der Waals surface area contributed by atoms with Gasteiger partial charge in [0, 0.05) is 12.1 Å². The first-order valence-electron chi connectivity index (χ1n) is 6.92. The number of carbonyl (C=O) groups is 2. The van der Waals surface area contributed by atoms with Crippen molar-refractivity contribution in [3.63, 3.8) is 0 Å². The van der Waals surface area contributed by atoms with Crippen molar-refractivity contribution in [1.29, 1.82) is 0 Å². The molecule has 0 spiro atoms. The number of benzene rings is 1. The molecule has 2 rings (SSSR count). The standard InChI is InChI=1S/C16H19NO3/c18-15(10-12-4-2-1-3-5-12)17-14-8-6-13(7-9-14)11-16(19)20/h4,6-9H,1-3,5,10-11H2,(H,17,18)(H,19,20). The minimum atomic E-state index is -0.856. The van der Waals surface area contributed by atoms with Crippen LogP contribution >= 0.6 is 0 Å². The number of carboxylic acid groups (broad SMARTS) is 1. The summed E-state index contributed by atoms with van der Waals surface area (Å²) in [7, 11) is 0. The van der Waals surface area contributed by atoms with E-state index in [1.807, 2.05) is 0 Å². The number of amides is 1. The molecule has 1 aromatic rings. The summed E-state index contributed by atoms with van der Waals surface area (Å²) < 4.78 is 0. The molecule has 20 heavy (non-hydrogen) atoms. The van der Waals surface area contributed by atoms with Gasteiger partial charge in [-0.2, -0.15) is 0 Å². The largest absolute Gasteiger partial charge is 0.481 e. The number of hydrogen-bond donors (Lipinski definition) is 2. The molecule has 1 aromatic carbocycles. The summed E-state index contributed by atoms with van der Waals surface area (Å²) in [6.07, 6.45) is 7.10. The van der Waals surface area contributed by atoms with Crippen molar-refractivity contribution in [2.45, 2.75) is 38.5 Å². The van der Waals surface area contributed by atoms with E-state index in [-0.39, 0.29) is 12.3 Å². The molecule has 0 fully saturated rings. The summed E-state index contributed by atoms with van der Waals surface area (Å²) in [5.74, 6) is -0.866. The quantitative estimate of drug-likeness (QED) is 0.810. The predicted octanol–water partition coefficient (Wildman–Crippen LogP) is 3.14. The predicted molar refractivity (Wildman–Crippen MR) is 77.6 cm³/mol. The maximum atomic E-state index is 11.9. The first-order chi connectivity index (χ1) is 9.63. The van der Waals surface area contributed by atoms with Crippen LogP contribution in [0.3, 0.4) is 0 Å². The summed E-state index contributed by atoms with van der Waals surface area (Å²) in [4.78, 5) is 22.5. The van der Waals surface area contributed by atoms with Crippen LogP contribution in [-0.4, -0.2) is 17.0 Å². The molecule has 4 nitrogen and oxygen atoms in total. The van der Waals surface area contributed by atoms with Crippen LogP contribution in [0.25, 0.3) is 0 Å². The Balaban J connectivity index is 1.87. The highest BCUT2D eigenvalue weighted by molar-refractivity contribution is 5.92. The molecule has 1 aliphatic carbocycles. The van der Waals surface area contributed by atoms with Crippen LogP contribution in [0.4, 0.5) is 5.69 Å². The monoisotopic (exact) mass is 273 g/mol. The van der Waals surface area contributed by atoms with Gasteiger partial charge in [0.1, 0.15) is 0 Å². The summed E-state index contributed by atoms with van der Waals surface area (Å²) in [5.41, 5.74) is 2.65. The third-order valence-corrected chi connectivity index (χ3v) is 3.37. The van der Waals surface area contributed by atoms with Gasteiger partial charge < -0.3 is 10.4 Å². The minimum absolute atomic E-state index is 0.00110. The number of nitrogens with one attached hydrogen (secondary N) is 1. The Morgan fingerprint density at radius 1 is 1.10 bits per heavy atom. The molecular formula is C16H19NO3. The summed E-state index contributed by atoms with van der Waals surface area (Å²) in [6.45, 7) is 0. The third kappa shape index (κ3) is 4.53. The second-order valence-corrected chi connectivity index (χ2v) is 5.10. The number of anilines is 1. The molecule has 0 radical (unpaired) electrons. The zero-order valence-electron chi connectivity index (χ0n) is 11.4. The summed E-state index contributed by atoms with van der Waals surface area (Å²) in [6, 6.07) is 6.93. The fourth-order valence-electron chi connectivity index (χ4n) is 2.36. The number of aliphatic carboxylic acids is 1. The van der Waals surface area contributed by atoms with Crippen LogP contribution in [0.2, 0.25) is 0 Å². The highest BCUT2D eigenvalue weighted by atomic mass is 16.4. The Labute approximate surface area is 118 Å². The Bertz CT molecular complexity index is 517. The van der Waals surface area contributed by atoms with E-state index in [1.165, 1.54) is 18.4 Å². The van der Waals surface area contributed by atoms with Crippen molar-refractivity contribution in [1.82, 2.24) is 0 Å². The zero-order chi connectivity index (χ0) is 14.4. The summed E-state index contributed by atoms with van der Waals surface area (Å²) >= 11 is 0. The van der Waals surface area contributed by atoms with E-state index in [0.717, 1.165) is 18.4 Å². The highest BCUT2D eigenvalue weighted by Crippen LogP contribution is 2.20. The van der Waals surface area contributed by atoms with Crippen LogP contribution in [0, 0.1) is 0 Å². The van der Waals surface area contributed by atoms with Crippen molar-refractivity contribution in [3.8, 4) is 0 Å². The zero-order valence-corrected chi connectivity index (χ0v) is 11.4. The van der Waals surface area contributed by atoms with E-state index in [2.05, 4.69) is 11.4 Å². The summed E-state index contributed by atoms with van der Waals surface area (Å²) in [5, 5.41) is 11.5. The number of hydrogen-bond acceptors (Lipinski definition) is 2. The van der Waals surface area contributed by atoms with E-state index in [4.69, 9.17) is 5.11 Å². The average Bonchev–Trinajstić information content (AvgIpc) is 2.41. The lowest BCUT2D eigenvalue weighted by molar-refractivity contribution is -0.136. The highest BCUT2D eigenvalue weighted by Gasteiger charge is 2.09. The lowest BCUT2D eigenvalue weighted by atomic mass is 9.97. The molecule has 1 amide bonds. The molecule has 0 atom stereocenters. The van der Waals surface area contributed by atoms with Gasteiger partial charge in [0.2, 0.25) is 5.91 Å². The fraction of sp³-hybridized carbons (Fsp3) is 0.375. The maximum absolute atomic E-state index is 11.9. The van der Waals surface area contributed by atoms with E-state index in [1.54, 1.807) is 24.3 Å². The van der Waals surface area contributed by atoms with Gasteiger partial charge in [-0.1, -0.05) is 23.8 Å². The van der Waals surface area contributed by atoms with E-state index in [9.17, 15) is 9.59 Å². The molecule has 0 aromatic heterocycles. The van der Waals surface area contributed by atoms with Crippen molar-refractivity contribution >= 4 is 17.6 Å². The van der Waals surface area contributed by atoms with Gasteiger partial charge in [-0.25, -0.2) is 0 Å². The van der Waals surface area contributed by atoms with E-state index >= 15 is 0 Å². The molecule has 0 heterocycles. The van der Waals surface area contributed by atoms with Crippen LogP contribution in [0.5, 0.6) is 0 Å². The maximum Gasteiger partial charge on any atom is 0.307 e. The Morgan fingerprint density at radius 2 is 1.85 bits per heavy atom. The van der Waals surface area contributed by atoms with Crippen LogP contribution < -0.4 is 5.32 Å². The SMILES string of the molecule is O=C(O)Cc1ccc(NC(=O)CC2=CCCCC2)cc1. The number of carbonyl (C=O) groups excluding carboxylic acids is 1. The van der Waals surface area contributed by atoms with Gasteiger partial charge >= 0.3 is 5.97 Å². The molecule has 2 N–H and O–H groups in total. The minimum Gasteiger partial charge on any atom is -0.481 e. The van der Waals surface area contributed by atoms with Crippen molar-refractivity contribution in [3.05, 3.63) is 41.5 Å². The Hall–Kier alpha value is -2.10. The number of allylic oxidation sites excluding steroid dienone is 1. The van der Waals surface area contributed by atoms with Crippen molar-refractivity contribution in [2.24, 2.45) is 0 Å². The Morgan fingerprint density at radius 3 is 2.45 bits per heavy atom.